The van der Waals surface area contributed by atoms with Gasteiger partial charge in [0.2, 0.25) is 5.88 Å². The van der Waals surface area contributed by atoms with Gasteiger partial charge in [0.1, 0.15) is 4.83 Å². The Kier molecular flexibility index (Phi) is 2.05. The van der Waals surface area contributed by atoms with Crippen LogP contribution in [0.25, 0.3) is 10.2 Å². The van der Waals surface area contributed by atoms with Crippen LogP contribution < -0.4 is 10.5 Å². The van der Waals surface area contributed by atoms with Gasteiger partial charge in [0.05, 0.1) is 7.11 Å². The summed E-state index contributed by atoms with van der Waals surface area (Å²) in [7, 11) is 1.53. The topological polar surface area (TPSA) is 78.1 Å². The van der Waals surface area contributed by atoms with Crippen LogP contribution in [0.5, 0.6) is 5.88 Å². The Labute approximate surface area is 83.7 Å². The first-order chi connectivity index (χ1) is 6.72. The van der Waals surface area contributed by atoms with Gasteiger partial charge in [-0.1, -0.05) is 0 Å². The number of methoxy groups -OCH3 is 1. The van der Waals surface area contributed by atoms with E-state index in [1.165, 1.54) is 7.11 Å². The van der Waals surface area contributed by atoms with E-state index >= 15 is 0 Å². The van der Waals surface area contributed by atoms with Gasteiger partial charge >= 0.3 is 0 Å². The molecule has 0 bridgehead atoms. The molecular formula is C8H7N3O2S. The Bertz CT molecular complexity index is 494. The summed E-state index contributed by atoms with van der Waals surface area (Å²) >= 11 is 1.13. The maximum atomic E-state index is 10.9. The van der Waals surface area contributed by atoms with E-state index in [4.69, 9.17) is 10.5 Å². The number of ether oxygens (including phenoxy) is 1. The molecule has 0 spiro atoms. The highest BCUT2D eigenvalue weighted by molar-refractivity contribution is 7.13. The van der Waals surface area contributed by atoms with E-state index in [-0.39, 0.29) is 5.69 Å². The van der Waals surface area contributed by atoms with Crippen LogP contribution in [0.15, 0.2) is 12.1 Å². The van der Waals surface area contributed by atoms with Crippen molar-refractivity contribution in [2.45, 2.75) is 0 Å². The lowest BCUT2D eigenvalue weighted by molar-refractivity contribution is 0.0998. The molecule has 5 nitrogen and oxygen atoms in total. The number of aromatic nitrogens is 2. The molecule has 0 fully saturated rings. The number of hydrogen-bond acceptors (Lipinski definition) is 5. The quantitative estimate of drug-likeness (QED) is 0.793. The fourth-order valence-electron chi connectivity index (χ4n) is 1.10. The standard InChI is InChI=1S/C8H7N3O2S/c1-13-5-3-2-4-6(7(9)12)11-14-8(4)10-5/h2-3H,1H3,(H2,9,12). The molecule has 2 aromatic heterocycles. The molecule has 1 amide bonds. The van der Waals surface area contributed by atoms with E-state index < -0.39 is 5.91 Å². The summed E-state index contributed by atoms with van der Waals surface area (Å²) in [6, 6.07) is 3.40. The molecule has 0 unspecified atom stereocenters. The maximum absolute atomic E-state index is 10.9. The summed E-state index contributed by atoms with van der Waals surface area (Å²) in [5.74, 6) is -0.0413. The Hall–Kier alpha value is -1.69. The van der Waals surface area contributed by atoms with Crippen LogP contribution in [0.3, 0.4) is 0 Å². The van der Waals surface area contributed by atoms with E-state index in [0.717, 1.165) is 11.5 Å². The number of carbonyl (C=O) groups is 1. The van der Waals surface area contributed by atoms with Gasteiger partial charge < -0.3 is 10.5 Å². The Balaban J connectivity index is 2.65. The lowest BCUT2D eigenvalue weighted by Crippen LogP contribution is -2.11. The molecule has 0 aromatic carbocycles. The van der Waals surface area contributed by atoms with Gasteiger partial charge in [-0.3, -0.25) is 4.79 Å². The lowest BCUT2D eigenvalue weighted by atomic mass is 10.2. The molecule has 0 aliphatic heterocycles. The van der Waals surface area contributed by atoms with Crippen molar-refractivity contribution in [1.29, 1.82) is 0 Å². The second-order valence-corrected chi connectivity index (χ2v) is 3.35. The molecule has 0 aliphatic carbocycles. The number of fused-ring (bicyclic) bond motifs is 1. The first-order valence-electron chi connectivity index (χ1n) is 3.82. The van der Waals surface area contributed by atoms with Gasteiger partial charge in [-0.25, -0.2) is 4.98 Å². The van der Waals surface area contributed by atoms with Crippen molar-refractivity contribution < 1.29 is 9.53 Å². The van der Waals surface area contributed by atoms with Gasteiger partial charge in [0.15, 0.2) is 5.69 Å². The largest absolute Gasteiger partial charge is 0.481 e. The third-order valence-corrected chi connectivity index (χ3v) is 2.51. The van der Waals surface area contributed by atoms with Crippen LogP contribution >= 0.6 is 11.5 Å². The molecule has 0 saturated carbocycles. The predicted molar refractivity (Wildman–Crippen MR) is 52.5 cm³/mol. The Morgan fingerprint density at radius 2 is 2.36 bits per heavy atom. The number of rotatable bonds is 2. The fraction of sp³-hybridized carbons (Fsp3) is 0.125. The van der Waals surface area contributed by atoms with E-state index in [1.54, 1.807) is 12.1 Å². The zero-order valence-electron chi connectivity index (χ0n) is 7.35. The smallest absolute Gasteiger partial charge is 0.269 e. The summed E-state index contributed by atoms with van der Waals surface area (Å²) in [6.07, 6.45) is 0. The van der Waals surface area contributed by atoms with E-state index in [1.807, 2.05) is 0 Å². The van der Waals surface area contributed by atoms with Crippen molar-refractivity contribution >= 4 is 27.7 Å². The third-order valence-electron chi connectivity index (χ3n) is 1.76. The average Bonchev–Trinajstić information content (AvgIpc) is 2.59. The Morgan fingerprint density at radius 3 is 3.00 bits per heavy atom. The van der Waals surface area contributed by atoms with Crippen molar-refractivity contribution in [2.24, 2.45) is 5.73 Å². The average molecular weight is 209 g/mol. The van der Waals surface area contributed by atoms with E-state index in [0.29, 0.717) is 16.1 Å². The van der Waals surface area contributed by atoms with Crippen LogP contribution in [0, 0.1) is 0 Å². The van der Waals surface area contributed by atoms with Crippen molar-refractivity contribution in [3.05, 3.63) is 17.8 Å². The summed E-state index contributed by atoms with van der Waals surface area (Å²) in [6.45, 7) is 0. The van der Waals surface area contributed by atoms with E-state index in [9.17, 15) is 4.79 Å². The third kappa shape index (κ3) is 1.29. The highest BCUT2D eigenvalue weighted by atomic mass is 32.1. The molecule has 2 rings (SSSR count). The number of pyridine rings is 1. The lowest BCUT2D eigenvalue weighted by Gasteiger charge is -1.96. The van der Waals surface area contributed by atoms with Gasteiger partial charge in [-0.2, -0.15) is 4.37 Å². The summed E-state index contributed by atoms with van der Waals surface area (Å²) in [5, 5.41) is 0.670. The molecule has 72 valence electrons. The molecular weight excluding hydrogens is 202 g/mol. The summed E-state index contributed by atoms with van der Waals surface area (Å²) in [4.78, 5) is 15.7. The molecule has 2 N–H and O–H groups in total. The molecule has 0 atom stereocenters. The second kappa shape index (κ2) is 3.22. The zero-order chi connectivity index (χ0) is 10.1. The monoisotopic (exact) mass is 209 g/mol. The number of amides is 1. The highest BCUT2D eigenvalue weighted by Crippen LogP contribution is 2.22. The van der Waals surface area contributed by atoms with Gasteiger partial charge in [0.25, 0.3) is 5.91 Å². The van der Waals surface area contributed by atoms with Gasteiger partial charge in [-0.15, -0.1) is 0 Å². The maximum Gasteiger partial charge on any atom is 0.269 e. The van der Waals surface area contributed by atoms with Crippen molar-refractivity contribution in [3.8, 4) is 5.88 Å². The van der Waals surface area contributed by atoms with Crippen LogP contribution in [0.2, 0.25) is 0 Å². The number of nitrogens with two attached hydrogens (primary N) is 1. The minimum Gasteiger partial charge on any atom is -0.481 e. The summed E-state index contributed by atoms with van der Waals surface area (Å²) < 4.78 is 8.86. The summed E-state index contributed by atoms with van der Waals surface area (Å²) in [5.41, 5.74) is 5.41. The minimum absolute atomic E-state index is 0.264. The number of primary amides is 1. The number of nitrogens with zero attached hydrogens (tertiary/aromatic N) is 2. The number of carbonyl (C=O) groups excluding carboxylic acids is 1. The van der Waals surface area contributed by atoms with E-state index in [2.05, 4.69) is 9.36 Å². The second-order valence-electron chi connectivity index (χ2n) is 2.60. The molecule has 0 aliphatic rings. The van der Waals surface area contributed by atoms with Crippen molar-refractivity contribution in [3.63, 3.8) is 0 Å². The normalized spacial score (nSPS) is 10.4. The molecule has 14 heavy (non-hydrogen) atoms. The van der Waals surface area contributed by atoms with Crippen LogP contribution in [-0.4, -0.2) is 22.4 Å². The zero-order valence-corrected chi connectivity index (χ0v) is 8.17. The SMILES string of the molecule is COc1ccc2c(C(N)=O)nsc2n1. The van der Waals surface area contributed by atoms with Crippen LogP contribution in [0.4, 0.5) is 0 Å². The fourth-order valence-corrected chi connectivity index (χ4v) is 1.86. The molecule has 0 radical (unpaired) electrons. The molecule has 0 saturated heterocycles. The predicted octanol–water partition coefficient (Wildman–Crippen LogP) is 0.799. The number of hydrogen-bond donors (Lipinski definition) is 1. The van der Waals surface area contributed by atoms with Crippen LogP contribution in [0.1, 0.15) is 10.5 Å². The van der Waals surface area contributed by atoms with Crippen LogP contribution in [-0.2, 0) is 0 Å². The highest BCUT2D eigenvalue weighted by Gasteiger charge is 2.12. The minimum atomic E-state index is -0.539. The molecule has 2 aromatic rings. The Morgan fingerprint density at radius 1 is 1.57 bits per heavy atom. The van der Waals surface area contributed by atoms with Crippen molar-refractivity contribution in [1.82, 2.24) is 9.36 Å². The van der Waals surface area contributed by atoms with Gasteiger partial charge in [0, 0.05) is 11.5 Å². The molecule has 6 heteroatoms. The first-order valence-corrected chi connectivity index (χ1v) is 4.60. The first kappa shape index (κ1) is 8.89. The van der Waals surface area contributed by atoms with Crippen molar-refractivity contribution in [2.75, 3.05) is 7.11 Å². The van der Waals surface area contributed by atoms with Gasteiger partial charge in [-0.05, 0) is 17.6 Å². The molecule has 2 heterocycles.